The zero-order valence-corrected chi connectivity index (χ0v) is 16.3. The number of halogens is 1. The van der Waals surface area contributed by atoms with Gasteiger partial charge in [0.1, 0.15) is 17.6 Å². The van der Waals surface area contributed by atoms with E-state index in [2.05, 4.69) is 40.2 Å². The molecule has 0 bridgehead atoms. The number of para-hydroxylation sites is 1. The van der Waals surface area contributed by atoms with Gasteiger partial charge in [0.25, 0.3) is 0 Å². The average molecular weight is 374 g/mol. The maximum Gasteiger partial charge on any atom is 0.129 e. The highest BCUT2D eigenvalue weighted by atomic mass is 35.5. The molecule has 5 heteroatoms. The van der Waals surface area contributed by atoms with Crippen molar-refractivity contribution in [3.05, 3.63) is 54.0 Å². The van der Waals surface area contributed by atoms with Gasteiger partial charge in [0.2, 0.25) is 0 Å². The maximum atomic E-state index is 5.94. The molecule has 4 rings (SSSR count). The largest absolute Gasteiger partial charge is 0.464 e. The van der Waals surface area contributed by atoms with Crippen LogP contribution < -0.4 is 5.01 Å². The number of hydrogen-bond donors (Lipinski definition) is 0. The minimum absolute atomic E-state index is 0. The van der Waals surface area contributed by atoms with E-state index in [-0.39, 0.29) is 18.4 Å². The Bertz CT molecular complexity index is 722. The molecule has 0 amide bonds. The first kappa shape index (κ1) is 19.0. The Morgan fingerprint density at radius 2 is 1.81 bits per heavy atom. The van der Waals surface area contributed by atoms with Crippen molar-refractivity contribution >= 4 is 23.8 Å². The van der Waals surface area contributed by atoms with E-state index in [1.54, 1.807) is 0 Å². The van der Waals surface area contributed by atoms with Crippen LogP contribution in [0.1, 0.15) is 49.7 Å². The van der Waals surface area contributed by atoms with Crippen molar-refractivity contribution < 1.29 is 4.42 Å². The lowest BCUT2D eigenvalue weighted by Crippen LogP contribution is -2.31. The molecular formula is C21H28ClN3O. The number of piperidine rings is 1. The summed E-state index contributed by atoms with van der Waals surface area (Å²) >= 11 is 0. The van der Waals surface area contributed by atoms with Crippen LogP contribution in [0.4, 0.5) is 5.69 Å². The summed E-state index contributed by atoms with van der Waals surface area (Å²) in [4.78, 5) is 2.59. The van der Waals surface area contributed by atoms with Crippen molar-refractivity contribution in [2.24, 2.45) is 5.10 Å². The first-order valence-electron chi connectivity index (χ1n) is 9.49. The minimum atomic E-state index is 0. The van der Waals surface area contributed by atoms with Crippen LogP contribution in [-0.4, -0.2) is 30.2 Å². The second-order valence-electron chi connectivity index (χ2n) is 7.17. The highest BCUT2D eigenvalue weighted by molar-refractivity contribution is 5.89. The van der Waals surface area contributed by atoms with Gasteiger partial charge in [-0.25, -0.2) is 0 Å². The monoisotopic (exact) mass is 373 g/mol. The summed E-state index contributed by atoms with van der Waals surface area (Å²) in [5.74, 6) is 1.97. The fourth-order valence-corrected chi connectivity index (χ4v) is 3.87. The Labute approximate surface area is 162 Å². The van der Waals surface area contributed by atoms with Gasteiger partial charge in [0.05, 0.1) is 5.69 Å². The molecule has 0 radical (unpaired) electrons. The van der Waals surface area contributed by atoms with Crippen molar-refractivity contribution in [1.82, 2.24) is 4.90 Å². The summed E-state index contributed by atoms with van der Waals surface area (Å²) in [6, 6.07) is 14.8. The summed E-state index contributed by atoms with van der Waals surface area (Å²) in [7, 11) is 0. The van der Waals surface area contributed by atoms with Gasteiger partial charge in [-0.3, -0.25) is 5.01 Å². The number of likely N-dealkylation sites (tertiary alicyclic amines) is 1. The predicted octanol–water partition coefficient (Wildman–Crippen LogP) is 5.19. The summed E-state index contributed by atoms with van der Waals surface area (Å²) < 4.78 is 5.94. The van der Waals surface area contributed by atoms with Gasteiger partial charge in [0, 0.05) is 25.1 Å². The maximum absolute atomic E-state index is 5.94. The number of aryl methyl sites for hydroxylation is 1. The van der Waals surface area contributed by atoms with E-state index in [1.165, 1.54) is 38.1 Å². The van der Waals surface area contributed by atoms with Gasteiger partial charge in [0.15, 0.2) is 0 Å². The zero-order chi connectivity index (χ0) is 17.1. The topological polar surface area (TPSA) is 32.0 Å². The summed E-state index contributed by atoms with van der Waals surface area (Å²) in [5, 5.41) is 7.12. The van der Waals surface area contributed by atoms with Crippen LogP contribution in [0.5, 0.6) is 0 Å². The molecule has 2 aromatic rings. The molecule has 3 heterocycles. The third kappa shape index (κ3) is 4.30. The molecule has 1 fully saturated rings. The Hall–Kier alpha value is -1.78. The van der Waals surface area contributed by atoms with Crippen LogP contribution in [0.15, 0.2) is 52.0 Å². The number of anilines is 1. The van der Waals surface area contributed by atoms with E-state index in [0.717, 1.165) is 36.6 Å². The second-order valence-corrected chi connectivity index (χ2v) is 7.17. The van der Waals surface area contributed by atoms with E-state index in [4.69, 9.17) is 9.52 Å². The van der Waals surface area contributed by atoms with Crippen molar-refractivity contribution in [2.45, 2.75) is 45.1 Å². The van der Waals surface area contributed by atoms with Gasteiger partial charge >= 0.3 is 0 Å². The number of hydrazone groups is 1. The Morgan fingerprint density at radius 1 is 1.04 bits per heavy atom. The molecule has 1 aromatic heterocycles. The number of benzene rings is 1. The molecule has 140 valence electrons. The smallest absolute Gasteiger partial charge is 0.129 e. The average Bonchev–Trinajstić information content (AvgIpc) is 3.28. The molecule has 1 saturated heterocycles. The first-order chi connectivity index (χ1) is 12.3. The molecule has 0 spiro atoms. The van der Waals surface area contributed by atoms with E-state index in [0.29, 0.717) is 0 Å². The van der Waals surface area contributed by atoms with Gasteiger partial charge in [-0.1, -0.05) is 24.6 Å². The van der Waals surface area contributed by atoms with Crippen LogP contribution in [0, 0.1) is 6.92 Å². The van der Waals surface area contributed by atoms with Gasteiger partial charge in [-0.2, -0.15) is 5.10 Å². The molecular weight excluding hydrogens is 346 g/mol. The van der Waals surface area contributed by atoms with Crippen LogP contribution in [0.3, 0.4) is 0 Å². The zero-order valence-electron chi connectivity index (χ0n) is 15.4. The lowest BCUT2D eigenvalue weighted by atomic mass is 10.1. The van der Waals surface area contributed by atoms with Crippen LogP contribution >= 0.6 is 12.4 Å². The Kier molecular flexibility index (Phi) is 6.38. The fraction of sp³-hybridized carbons (Fsp3) is 0.476. The SMILES string of the molecule is Cc1ccc(C2CC(CCN3CCCCC3)=NN2c2ccccc2)o1.Cl. The fourth-order valence-electron chi connectivity index (χ4n) is 3.87. The summed E-state index contributed by atoms with van der Waals surface area (Å²) in [6.45, 7) is 5.63. The molecule has 0 N–H and O–H groups in total. The second kappa shape index (κ2) is 8.74. The van der Waals surface area contributed by atoms with E-state index < -0.39 is 0 Å². The lowest BCUT2D eigenvalue weighted by Gasteiger charge is -2.26. The quantitative estimate of drug-likeness (QED) is 0.722. The molecule has 4 nitrogen and oxygen atoms in total. The molecule has 2 aliphatic rings. The number of furan rings is 1. The molecule has 0 aliphatic carbocycles. The van der Waals surface area contributed by atoms with Crippen molar-refractivity contribution in [1.29, 1.82) is 0 Å². The number of rotatable bonds is 5. The third-order valence-corrected chi connectivity index (χ3v) is 5.25. The number of hydrogen-bond acceptors (Lipinski definition) is 4. The Balaban J connectivity index is 0.00000196. The van der Waals surface area contributed by atoms with Crippen LogP contribution in [0.25, 0.3) is 0 Å². The summed E-state index contributed by atoms with van der Waals surface area (Å²) in [5.41, 5.74) is 2.42. The van der Waals surface area contributed by atoms with Gasteiger partial charge < -0.3 is 9.32 Å². The van der Waals surface area contributed by atoms with E-state index in [1.807, 2.05) is 19.1 Å². The standard InChI is InChI=1S/C21H27N3O.ClH/c1-17-10-11-21(25-17)20-16-18(12-15-23-13-6-3-7-14-23)22-24(20)19-8-4-2-5-9-19;/h2,4-5,8-11,20H,3,6-7,12-16H2,1H3;1H. The van der Waals surface area contributed by atoms with Crippen molar-refractivity contribution in [3.8, 4) is 0 Å². The first-order valence-corrected chi connectivity index (χ1v) is 9.49. The lowest BCUT2D eigenvalue weighted by molar-refractivity contribution is 0.234. The van der Waals surface area contributed by atoms with Crippen molar-refractivity contribution in [3.63, 3.8) is 0 Å². The van der Waals surface area contributed by atoms with Crippen LogP contribution in [0.2, 0.25) is 0 Å². The molecule has 1 unspecified atom stereocenters. The predicted molar refractivity (Wildman–Crippen MR) is 109 cm³/mol. The van der Waals surface area contributed by atoms with E-state index >= 15 is 0 Å². The highest BCUT2D eigenvalue weighted by Gasteiger charge is 2.31. The van der Waals surface area contributed by atoms with Gasteiger partial charge in [-0.05, 0) is 57.1 Å². The number of nitrogens with zero attached hydrogens (tertiary/aromatic N) is 3. The van der Waals surface area contributed by atoms with Crippen LogP contribution in [-0.2, 0) is 0 Å². The highest BCUT2D eigenvalue weighted by Crippen LogP contribution is 2.36. The molecule has 1 aromatic carbocycles. The van der Waals surface area contributed by atoms with Crippen molar-refractivity contribution in [2.75, 3.05) is 24.6 Å². The molecule has 0 saturated carbocycles. The van der Waals surface area contributed by atoms with E-state index in [9.17, 15) is 0 Å². The summed E-state index contributed by atoms with van der Waals surface area (Å²) in [6.07, 6.45) is 6.09. The normalized spacial score (nSPS) is 20.7. The molecule has 2 aliphatic heterocycles. The molecule has 26 heavy (non-hydrogen) atoms. The molecule has 1 atom stereocenters. The minimum Gasteiger partial charge on any atom is -0.464 e. The third-order valence-electron chi connectivity index (χ3n) is 5.25. The van der Waals surface area contributed by atoms with Gasteiger partial charge in [-0.15, -0.1) is 12.4 Å². The Morgan fingerprint density at radius 3 is 2.50 bits per heavy atom.